The van der Waals surface area contributed by atoms with Crippen molar-refractivity contribution in [2.75, 3.05) is 11.9 Å². The Kier molecular flexibility index (Phi) is 2.57. The lowest BCUT2D eigenvalue weighted by molar-refractivity contribution is 0.968. The minimum atomic E-state index is 0.702. The summed E-state index contributed by atoms with van der Waals surface area (Å²) in [6, 6.07) is 6.52. The van der Waals surface area contributed by atoms with Gasteiger partial charge in [0.05, 0.1) is 0 Å². The lowest BCUT2D eigenvalue weighted by Gasteiger charge is -2.22. The Morgan fingerprint density at radius 3 is 3.12 bits per heavy atom. The van der Waals surface area contributed by atoms with E-state index in [4.69, 9.17) is 5.73 Å². The van der Waals surface area contributed by atoms with Gasteiger partial charge < -0.3 is 11.1 Å². The smallest absolute Gasteiger partial charge is 0.0458 e. The van der Waals surface area contributed by atoms with E-state index in [9.17, 15) is 0 Å². The number of fused-ring (bicyclic) bond motifs is 2. The maximum absolute atomic E-state index is 5.59. The third kappa shape index (κ3) is 1.92. The van der Waals surface area contributed by atoms with E-state index >= 15 is 0 Å². The third-order valence-corrected chi connectivity index (χ3v) is 3.20. The van der Waals surface area contributed by atoms with Gasteiger partial charge in [0.15, 0.2) is 0 Å². The maximum Gasteiger partial charge on any atom is 0.0458 e. The van der Waals surface area contributed by atoms with Crippen LogP contribution in [0.2, 0.25) is 0 Å². The molecule has 1 aromatic rings. The molecule has 0 spiro atoms. The number of hydrogen-bond donors (Lipinski definition) is 2. The molecular formula is C15H16N2. The van der Waals surface area contributed by atoms with Gasteiger partial charge in [-0.15, -0.1) is 0 Å². The first kappa shape index (κ1) is 10.4. The SMILES string of the molecule is NCCc1ccc2c(c1)C=C1C=CCC=C1N2. The van der Waals surface area contributed by atoms with Crippen molar-refractivity contribution in [2.45, 2.75) is 12.8 Å². The van der Waals surface area contributed by atoms with E-state index in [1.54, 1.807) is 0 Å². The third-order valence-electron chi connectivity index (χ3n) is 3.20. The molecule has 0 fully saturated rings. The molecule has 0 bridgehead atoms. The lowest BCUT2D eigenvalue weighted by Crippen LogP contribution is -2.10. The molecule has 0 saturated carbocycles. The van der Waals surface area contributed by atoms with Gasteiger partial charge in [0.25, 0.3) is 0 Å². The number of benzene rings is 1. The van der Waals surface area contributed by atoms with E-state index in [2.05, 4.69) is 47.8 Å². The number of hydrogen-bond acceptors (Lipinski definition) is 2. The summed E-state index contributed by atoms with van der Waals surface area (Å²) in [5.41, 5.74) is 11.8. The molecule has 3 N–H and O–H groups in total. The van der Waals surface area contributed by atoms with Crippen LogP contribution >= 0.6 is 0 Å². The minimum absolute atomic E-state index is 0.702. The van der Waals surface area contributed by atoms with Crippen molar-refractivity contribution in [1.82, 2.24) is 0 Å². The first-order chi connectivity index (χ1) is 8.36. The minimum Gasteiger partial charge on any atom is -0.355 e. The molecule has 86 valence electrons. The normalized spacial score (nSPS) is 16.5. The van der Waals surface area contributed by atoms with E-state index in [0.717, 1.165) is 12.8 Å². The molecule has 0 radical (unpaired) electrons. The van der Waals surface area contributed by atoms with Crippen LogP contribution in [0.4, 0.5) is 5.69 Å². The van der Waals surface area contributed by atoms with E-state index < -0.39 is 0 Å². The molecule has 2 heteroatoms. The first-order valence-corrected chi connectivity index (χ1v) is 6.05. The number of nitrogens with two attached hydrogens (primary N) is 1. The predicted molar refractivity (Wildman–Crippen MR) is 72.6 cm³/mol. The molecular weight excluding hydrogens is 208 g/mol. The summed E-state index contributed by atoms with van der Waals surface area (Å²) in [6.07, 6.45) is 10.8. The van der Waals surface area contributed by atoms with Gasteiger partial charge in [0.1, 0.15) is 0 Å². The second-order valence-electron chi connectivity index (χ2n) is 4.44. The highest BCUT2D eigenvalue weighted by Gasteiger charge is 2.14. The second kappa shape index (κ2) is 4.22. The molecule has 0 amide bonds. The van der Waals surface area contributed by atoms with Crippen LogP contribution in [0.5, 0.6) is 0 Å². The van der Waals surface area contributed by atoms with Crippen molar-refractivity contribution < 1.29 is 0 Å². The average molecular weight is 224 g/mol. The molecule has 1 aromatic carbocycles. The molecule has 0 atom stereocenters. The molecule has 3 rings (SSSR count). The van der Waals surface area contributed by atoms with Gasteiger partial charge in [-0.1, -0.05) is 24.3 Å². The summed E-state index contributed by atoms with van der Waals surface area (Å²) in [7, 11) is 0. The molecule has 1 heterocycles. The summed E-state index contributed by atoms with van der Waals surface area (Å²) in [5.74, 6) is 0. The molecule has 1 aliphatic carbocycles. The molecule has 2 aliphatic rings. The van der Waals surface area contributed by atoms with Crippen molar-refractivity contribution in [2.24, 2.45) is 5.73 Å². The summed E-state index contributed by atoms with van der Waals surface area (Å²) in [6.45, 7) is 0.702. The fourth-order valence-corrected chi connectivity index (χ4v) is 2.32. The molecule has 17 heavy (non-hydrogen) atoms. The second-order valence-corrected chi connectivity index (χ2v) is 4.44. The Morgan fingerprint density at radius 2 is 2.24 bits per heavy atom. The van der Waals surface area contributed by atoms with Gasteiger partial charge in [0, 0.05) is 11.4 Å². The van der Waals surface area contributed by atoms with E-state index in [0.29, 0.717) is 6.54 Å². The standard InChI is InChI=1S/C15H16N2/c16-8-7-11-5-6-15-13(9-11)10-12-3-1-2-4-14(12)17-15/h1,3-6,9-10,17H,2,7-8,16H2. The zero-order valence-electron chi connectivity index (χ0n) is 9.74. The molecule has 1 aliphatic heterocycles. The Balaban J connectivity index is 2.02. The zero-order valence-corrected chi connectivity index (χ0v) is 9.74. The van der Waals surface area contributed by atoms with Crippen LogP contribution in [-0.2, 0) is 6.42 Å². The molecule has 2 nitrogen and oxygen atoms in total. The average Bonchev–Trinajstić information content (AvgIpc) is 2.36. The summed E-state index contributed by atoms with van der Waals surface area (Å²) in [4.78, 5) is 0. The molecule has 0 aromatic heterocycles. The number of anilines is 1. The van der Waals surface area contributed by atoms with Gasteiger partial charge in [-0.25, -0.2) is 0 Å². The Hall–Kier alpha value is -1.80. The molecule has 0 saturated heterocycles. The quantitative estimate of drug-likeness (QED) is 0.810. The number of allylic oxidation sites excluding steroid dienone is 3. The van der Waals surface area contributed by atoms with Crippen molar-refractivity contribution in [3.63, 3.8) is 0 Å². The molecule has 0 unspecified atom stereocenters. The van der Waals surface area contributed by atoms with Gasteiger partial charge in [-0.05, 0) is 54.3 Å². The van der Waals surface area contributed by atoms with Gasteiger partial charge >= 0.3 is 0 Å². The predicted octanol–water partition coefficient (Wildman–Crippen LogP) is 2.84. The lowest BCUT2D eigenvalue weighted by atomic mass is 9.96. The zero-order chi connectivity index (χ0) is 11.7. The fraction of sp³-hybridized carbons (Fsp3) is 0.200. The highest BCUT2D eigenvalue weighted by molar-refractivity contribution is 5.80. The topological polar surface area (TPSA) is 38.0 Å². The van der Waals surface area contributed by atoms with Crippen LogP contribution in [0, 0.1) is 0 Å². The largest absolute Gasteiger partial charge is 0.355 e. The van der Waals surface area contributed by atoms with Gasteiger partial charge in [-0.2, -0.15) is 0 Å². The van der Waals surface area contributed by atoms with E-state index in [-0.39, 0.29) is 0 Å². The highest BCUT2D eigenvalue weighted by atomic mass is 14.9. The first-order valence-electron chi connectivity index (χ1n) is 6.05. The van der Waals surface area contributed by atoms with Crippen LogP contribution in [-0.4, -0.2) is 6.54 Å². The summed E-state index contributed by atoms with van der Waals surface area (Å²) < 4.78 is 0. The maximum atomic E-state index is 5.59. The van der Waals surface area contributed by atoms with E-state index in [1.807, 2.05) is 0 Å². The number of nitrogens with one attached hydrogen (secondary N) is 1. The highest BCUT2D eigenvalue weighted by Crippen LogP contribution is 2.32. The van der Waals surface area contributed by atoms with Gasteiger partial charge in [-0.3, -0.25) is 0 Å². The van der Waals surface area contributed by atoms with Crippen LogP contribution in [0.25, 0.3) is 6.08 Å². The van der Waals surface area contributed by atoms with Crippen LogP contribution in [0.15, 0.2) is 47.7 Å². The Labute approximate surface area is 102 Å². The number of rotatable bonds is 2. The van der Waals surface area contributed by atoms with Crippen LogP contribution in [0.1, 0.15) is 17.5 Å². The van der Waals surface area contributed by atoms with Crippen LogP contribution < -0.4 is 11.1 Å². The van der Waals surface area contributed by atoms with Crippen LogP contribution in [0.3, 0.4) is 0 Å². The summed E-state index contributed by atoms with van der Waals surface area (Å²) >= 11 is 0. The van der Waals surface area contributed by atoms with Crippen molar-refractivity contribution in [1.29, 1.82) is 0 Å². The summed E-state index contributed by atoms with van der Waals surface area (Å²) in [5, 5.41) is 3.48. The van der Waals surface area contributed by atoms with E-state index in [1.165, 1.54) is 28.1 Å². The Morgan fingerprint density at radius 1 is 1.29 bits per heavy atom. The van der Waals surface area contributed by atoms with Gasteiger partial charge in [0.2, 0.25) is 0 Å². The Bertz CT molecular complexity index is 536. The fourth-order valence-electron chi connectivity index (χ4n) is 2.32. The van der Waals surface area contributed by atoms with Crippen molar-refractivity contribution in [3.8, 4) is 0 Å². The van der Waals surface area contributed by atoms with Crippen molar-refractivity contribution in [3.05, 3.63) is 58.8 Å². The van der Waals surface area contributed by atoms with Crippen molar-refractivity contribution >= 4 is 11.8 Å². The monoisotopic (exact) mass is 224 g/mol.